The molecule has 1 aliphatic rings. The van der Waals surface area contributed by atoms with Crippen molar-refractivity contribution < 1.29 is 4.74 Å². The van der Waals surface area contributed by atoms with Crippen LogP contribution >= 0.6 is 11.6 Å². The van der Waals surface area contributed by atoms with E-state index in [1.54, 1.807) is 0 Å². The summed E-state index contributed by atoms with van der Waals surface area (Å²) in [5.41, 5.74) is 3.45. The first-order valence-electron chi connectivity index (χ1n) is 8.74. The summed E-state index contributed by atoms with van der Waals surface area (Å²) in [5, 5.41) is 0.765. The predicted octanol–water partition coefficient (Wildman–Crippen LogP) is 4.13. The lowest BCUT2D eigenvalue weighted by Crippen LogP contribution is -2.39. The van der Waals surface area contributed by atoms with Crippen LogP contribution in [0.2, 0.25) is 5.02 Å². The molecule has 5 heteroatoms. The lowest BCUT2D eigenvalue weighted by Gasteiger charge is -2.32. The Morgan fingerprint density at radius 1 is 1.08 bits per heavy atom. The van der Waals surface area contributed by atoms with Crippen molar-refractivity contribution in [3.8, 4) is 0 Å². The Morgan fingerprint density at radius 2 is 1.80 bits per heavy atom. The molecule has 0 aliphatic carbocycles. The zero-order valence-corrected chi connectivity index (χ0v) is 15.1. The Labute approximate surface area is 153 Å². The van der Waals surface area contributed by atoms with Crippen molar-refractivity contribution in [3.63, 3.8) is 0 Å². The maximum Gasteiger partial charge on any atom is 0.127 e. The van der Waals surface area contributed by atoms with Crippen molar-refractivity contribution in [2.45, 2.75) is 19.5 Å². The Morgan fingerprint density at radius 3 is 2.56 bits per heavy atom. The molecule has 1 saturated heterocycles. The van der Waals surface area contributed by atoms with Crippen LogP contribution in [0.15, 0.2) is 48.5 Å². The molecule has 0 amide bonds. The molecule has 2 aromatic carbocycles. The molecule has 0 bridgehead atoms. The van der Waals surface area contributed by atoms with E-state index >= 15 is 0 Å². The summed E-state index contributed by atoms with van der Waals surface area (Å²) in [4.78, 5) is 7.40. The summed E-state index contributed by atoms with van der Waals surface area (Å²) in [6, 6.07) is 16.7. The van der Waals surface area contributed by atoms with Crippen LogP contribution in [0.3, 0.4) is 0 Å². The second-order valence-electron chi connectivity index (χ2n) is 6.50. The van der Waals surface area contributed by atoms with Crippen LogP contribution < -0.4 is 0 Å². The van der Waals surface area contributed by atoms with Crippen LogP contribution in [-0.4, -0.2) is 40.8 Å². The lowest BCUT2D eigenvalue weighted by molar-refractivity contribution is 0.0177. The SMILES string of the molecule is CC(c1nc2ccccc2n1Cc1ccc(Cl)cc1)N1CCOCC1. The minimum absolute atomic E-state index is 0.253. The van der Waals surface area contributed by atoms with Crippen LogP contribution in [-0.2, 0) is 11.3 Å². The summed E-state index contributed by atoms with van der Waals surface area (Å²) >= 11 is 6.03. The van der Waals surface area contributed by atoms with Gasteiger partial charge >= 0.3 is 0 Å². The third-order valence-corrected chi connectivity index (χ3v) is 5.16. The van der Waals surface area contributed by atoms with Gasteiger partial charge in [-0.05, 0) is 36.8 Å². The van der Waals surface area contributed by atoms with Crippen LogP contribution in [0.5, 0.6) is 0 Å². The molecule has 0 N–H and O–H groups in total. The van der Waals surface area contributed by atoms with E-state index in [9.17, 15) is 0 Å². The highest BCUT2D eigenvalue weighted by atomic mass is 35.5. The van der Waals surface area contributed by atoms with Gasteiger partial charge in [0, 0.05) is 24.7 Å². The van der Waals surface area contributed by atoms with Gasteiger partial charge < -0.3 is 9.30 Å². The highest BCUT2D eigenvalue weighted by Crippen LogP contribution is 2.26. The maximum absolute atomic E-state index is 6.03. The van der Waals surface area contributed by atoms with E-state index in [-0.39, 0.29) is 6.04 Å². The van der Waals surface area contributed by atoms with E-state index in [4.69, 9.17) is 21.3 Å². The fraction of sp³-hybridized carbons (Fsp3) is 0.350. The van der Waals surface area contributed by atoms with Crippen LogP contribution in [0, 0.1) is 0 Å². The summed E-state index contributed by atoms with van der Waals surface area (Å²) in [5.74, 6) is 1.11. The van der Waals surface area contributed by atoms with Crippen LogP contribution in [0.25, 0.3) is 11.0 Å². The molecule has 25 heavy (non-hydrogen) atoms. The molecule has 2 heterocycles. The average molecular weight is 356 g/mol. The number of halogens is 1. The molecule has 3 aromatic rings. The number of aromatic nitrogens is 2. The number of rotatable bonds is 4. The third kappa shape index (κ3) is 3.43. The van der Waals surface area contributed by atoms with E-state index in [0.717, 1.165) is 49.2 Å². The first kappa shape index (κ1) is 16.6. The molecule has 0 saturated carbocycles. The molecule has 1 fully saturated rings. The number of benzene rings is 2. The molecule has 1 aromatic heterocycles. The summed E-state index contributed by atoms with van der Waals surface area (Å²) < 4.78 is 7.83. The molecule has 0 radical (unpaired) electrons. The fourth-order valence-electron chi connectivity index (χ4n) is 3.48. The van der Waals surface area contributed by atoms with Crippen molar-refractivity contribution >= 4 is 22.6 Å². The van der Waals surface area contributed by atoms with E-state index in [0.29, 0.717) is 0 Å². The molecule has 4 nitrogen and oxygen atoms in total. The predicted molar refractivity (Wildman–Crippen MR) is 101 cm³/mol. The van der Waals surface area contributed by atoms with E-state index < -0.39 is 0 Å². The van der Waals surface area contributed by atoms with Gasteiger partial charge in [0.1, 0.15) is 5.82 Å². The molecule has 0 spiro atoms. The van der Waals surface area contributed by atoms with Crippen molar-refractivity contribution in [1.29, 1.82) is 0 Å². The van der Waals surface area contributed by atoms with Gasteiger partial charge in [-0.25, -0.2) is 4.98 Å². The van der Waals surface area contributed by atoms with Crippen molar-refractivity contribution in [2.75, 3.05) is 26.3 Å². The number of morpholine rings is 1. The maximum atomic E-state index is 6.03. The van der Waals surface area contributed by atoms with Gasteiger partial charge in [-0.2, -0.15) is 0 Å². The molecular formula is C20H22ClN3O. The highest BCUT2D eigenvalue weighted by Gasteiger charge is 2.24. The second-order valence-corrected chi connectivity index (χ2v) is 6.93. The Bertz CT molecular complexity index is 853. The van der Waals surface area contributed by atoms with Crippen LogP contribution in [0.1, 0.15) is 24.4 Å². The first-order valence-corrected chi connectivity index (χ1v) is 9.11. The first-order chi connectivity index (χ1) is 12.2. The van der Waals surface area contributed by atoms with Gasteiger partial charge in [-0.3, -0.25) is 4.90 Å². The number of imidazole rings is 1. The topological polar surface area (TPSA) is 30.3 Å². The van der Waals surface area contributed by atoms with E-state index in [2.05, 4.69) is 46.7 Å². The van der Waals surface area contributed by atoms with Gasteiger partial charge in [0.15, 0.2) is 0 Å². The molecule has 1 aliphatic heterocycles. The number of nitrogens with zero attached hydrogens (tertiary/aromatic N) is 3. The Balaban J connectivity index is 1.73. The number of hydrogen-bond acceptors (Lipinski definition) is 3. The van der Waals surface area contributed by atoms with E-state index in [1.807, 2.05) is 18.2 Å². The molecular weight excluding hydrogens is 334 g/mol. The number of para-hydroxylation sites is 2. The standard InChI is InChI=1S/C20H22ClN3O/c1-15(23-10-12-25-13-11-23)20-22-18-4-2-3-5-19(18)24(20)14-16-6-8-17(21)9-7-16/h2-9,15H,10-14H2,1H3. The van der Waals surface area contributed by atoms with Crippen molar-refractivity contribution in [2.24, 2.45) is 0 Å². The number of fused-ring (bicyclic) bond motifs is 1. The minimum Gasteiger partial charge on any atom is -0.379 e. The van der Waals surface area contributed by atoms with Gasteiger partial charge in [-0.15, -0.1) is 0 Å². The average Bonchev–Trinajstić information content (AvgIpc) is 3.02. The summed E-state index contributed by atoms with van der Waals surface area (Å²) in [7, 11) is 0. The zero-order chi connectivity index (χ0) is 17.2. The van der Waals surface area contributed by atoms with Crippen molar-refractivity contribution in [3.05, 3.63) is 64.9 Å². The normalized spacial score (nSPS) is 17.0. The van der Waals surface area contributed by atoms with Gasteiger partial charge in [-0.1, -0.05) is 35.9 Å². The largest absolute Gasteiger partial charge is 0.379 e. The Hall–Kier alpha value is -1.88. The smallest absolute Gasteiger partial charge is 0.127 e. The fourth-order valence-corrected chi connectivity index (χ4v) is 3.61. The Kier molecular flexibility index (Phi) is 4.75. The molecule has 130 valence electrons. The number of ether oxygens (including phenoxy) is 1. The monoisotopic (exact) mass is 355 g/mol. The molecule has 1 unspecified atom stereocenters. The van der Waals surface area contributed by atoms with Gasteiger partial charge in [0.25, 0.3) is 0 Å². The third-order valence-electron chi connectivity index (χ3n) is 4.91. The lowest BCUT2D eigenvalue weighted by atomic mass is 10.2. The second kappa shape index (κ2) is 7.16. The van der Waals surface area contributed by atoms with Crippen molar-refractivity contribution in [1.82, 2.24) is 14.5 Å². The van der Waals surface area contributed by atoms with Crippen LogP contribution in [0.4, 0.5) is 0 Å². The summed E-state index contributed by atoms with van der Waals surface area (Å²) in [6.07, 6.45) is 0. The minimum atomic E-state index is 0.253. The van der Waals surface area contributed by atoms with E-state index in [1.165, 1.54) is 11.1 Å². The number of hydrogen-bond donors (Lipinski definition) is 0. The molecule has 4 rings (SSSR count). The quantitative estimate of drug-likeness (QED) is 0.705. The zero-order valence-electron chi connectivity index (χ0n) is 14.4. The van der Waals surface area contributed by atoms with Gasteiger partial charge in [0.05, 0.1) is 30.3 Å². The molecule has 1 atom stereocenters. The summed E-state index contributed by atoms with van der Waals surface area (Å²) in [6.45, 7) is 6.52. The highest BCUT2D eigenvalue weighted by molar-refractivity contribution is 6.30. The van der Waals surface area contributed by atoms with Gasteiger partial charge in [0.2, 0.25) is 0 Å².